The van der Waals surface area contributed by atoms with Gasteiger partial charge in [0.25, 0.3) is 0 Å². The van der Waals surface area contributed by atoms with E-state index in [0.717, 1.165) is 19.3 Å². The summed E-state index contributed by atoms with van der Waals surface area (Å²) in [5.74, 6) is -0.686. The van der Waals surface area contributed by atoms with Crippen molar-refractivity contribution < 1.29 is 15.0 Å². The molecule has 0 spiro atoms. The molecule has 1 rings (SSSR count). The SMILES string of the molecule is CC(O)CCC1(C(=O)O)CCC1. The van der Waals surface area contributed by atoms with Crippen molar-refractivity contribution in [2.45, 2.75) is 45.1 Å². The van der Waals surface area contributed by atoms with Crippen LogP contribution in [0.3, 0.4) is 0 Å². The summed E-state index contributed by atoms with van der Waals surface area (Å²) in [7, 11) is 0. The summed E-state index contributed by atoms with van der Waals surface area (Å²) < 4.78 is 0. The minimum Gasteiger partial charge on any atom is -0.481 e. The Morgan fingerprint density at radius 3 is 2.42 bits per heavy atom. The number of carboxylic acids is 1. The lowest BCUT2D eigenvalue weighted by atomic mass is 9.66. The van der Waals surface area contributed by atoms with E-state index in [-0.39, 0.29) is 6.10 Å². The fourth-order valence-electron chi connectivity index (χ4n) is 1.66. The molecular formula is C9H16O3. The average Bonchev–Trinajstić information content (AvgIpc) is 1.83. The molecule has 3 heteroatoms. The van der Waals surface area contributed by atoms with Gasteiger partial charge in [0.15, 0.2) is 0 Å². The normalized spacial score (nSPS) is 22.8. The van der Waals surface area contributed by atoms with E-state index in [1.54, 1.807) is 6.92 Å². The molecular weight excluding hydrogens is 156 g/mol. The summed E-state index contributed by atoms with van der Waals surface area (Å²) in [5, 5.41) is 17.9. The van der Waals surface area contributed by atoms with Gasteiger partial charge in [-0.1, -0.05) is 6.42 Å². The van der Waals surface area contributed by atoms with Crippen LogP contribution in [0.2, 0.25) is 0 Å². The molecule has 0 amide bonds. The van der Waals surface area contributed by atoms with Gasteiger partial charge in [0.2, 0.25) is 0 Å². The fourth-order valence-corrected chi connectivity index (χ4v) is 1.66. The van der Waals surface area contributed by atoms with Gasteiger partial charge in [-0.05, 0) is 32.6 Å². The molecule has 0 saturated heterocycles. The molecule has 1 unspecified atom stereocenters. The molecule has 0 bridgehead atoms. The highest BCUT2D eigenvalue weighted by Gasteiger charge is 2.43. The lowest BCUT2D eigenvalue weighted by molar-refractivity contribution is -0.155. The van der Waals surface area contributed by atoms with E-state index in [9.17, 15) is 4.79 Å². The second-order valence-corrected chi connectivity index (χ2v) is 3.83. The monoisotopic (exact) mass is 172 g/mol. The Kier molecular flexibility index (Phi) is 2.73. The largest absolute Gasteiger partial charge is 0.481 e. The minimum absolute atomic E-state index is 0.373. The summed E-state index contributed by atoms with van der Waals surface area (Å²) in [6.07, 6.45) is 3.45. The Hall–Kier alpha value is -0.570. The van der Waals surface area contributed by atoms with Crippen LogP contribution >= 0.6 is 0 Å². The van der Waals surface area contributed by atoms with E-state index in [1.165, 1.54) is 0 Å². The number of aliphatic hydroxyl groups is 1. The Morgan fingerprint density at radius 1 is 1.58 bits per heavy atom. The van der Waals surface area contributed by atoms with Gasteiger partial charge >= 0.3 is 5.97 Å². The summed E-state index contributed by atoms with van der Waals surface area (Å²) in [6, 6.07) is 0. The van der Waals surface area contributed by atoms with Gasteiger partial charge in [0, 0.05) is 0 Å². The molecule has 0 aromatic rings. The summed E-state index contributed by atoms with van der Waals surface area (Å²) in [4.78, 5) is 10.8. The van der Waals surface area contributed by atoms with Crippen LogP contribution in [0.25, 0.3) is 0 Å². The van der Waals surface area contributed by atoms with Gasteiger partial charge in [-0.2, -0.15) is 0 Å². The summed E-state index contributed by atoms with van der Waals surface area (Å²) >= 11 is 0. The third-order valence-corrected chi connectivity index (χ3v) is 2.81. The second-order valence-electron chi connectivity index (χ2n) is 3.83. The van der Waals surface area contributed by atoms with E-state index in [0.29, 0.717) is 12.8 Å². The van der Waals surface area contributed by atoms with Gasteiger partial charge in [0.1, 0.15) is 0 Å². The van der Waals surface area contributed by atoms with Crippen LogP contribution in [0.15, 0.2) is 0 Å². The zero-order chi connectivity index (χ0) is 9.19. The first-order valence-electron chi connectivity index (χ1n) is 4.48. The predicted molar refractivity (Wildman–Crippen MR) is 44.8 cm³/mol. The van der Waals surface area contributed by atoms with Crippen molar-refractivity contribution in [3.05, 3.63) is 0 Å². The van der Waals surface area contributed by atoms with Crippen LogP contribution < -0.4 is 0 Å². The Bertz CT molecular complexity index is 171. The van der Waals surface area contributed by atoms with E-state index in [4.69, 9.17) is 10.2 Å². The topological polar surface area (TPSA) is 57.5 Å². The Morgan fingerprint density at radius 2 is 2.17 bits per heavy atom. The molecule has 3 nitrogen and oxygen atoms in total. The van der Waals surface area contributed by atoms with E-state index in [2.05, 4.69) is 0 Å². The minimum atomic E-state index is -0.686. The zero-order valence-corrected chi connectivity index (χ0v) is 7.42. The first-order valence-corrected chi connectivity index (χ1v) is 4.48. The third kappa shape index (κ3) is 1.78. The van der Waals surface area contributed by atoms with Crippen molar-refractivity contribution >= 4 is 5.97 Å². The lowest BCUT2D eigenvalue weighted by Crippen LogP contribution is -2.38. The summed E-state index contributed by atoms with van der Waals surface area (Å²) in [5.41, 5.74) is -0.489. The molecule has 1 aliphatic carbocycles. The quantitative estimate of drug-likeness (QED) is 0.674. The highest BCUT2D eigenvalue weighted by atomic mass is 16.4. The molecule has 70 valence electrons. The molecule has 0 aromatic heterocycles. The van der Waals surface area contributed by atoms with Crippen LogP contribution in [-0.2, 0) is 4.79 Å². The van der Waals surface area contributed by atoms with Gasteiger partial charge in [-0.25, -0.2) is 0 Å². The number of aliphatic hydroxyl groups excluding tert-OH is 1. The third-order valence-electron chi connectivity index (χ3n) is 2.81. The van der Waals surface area contributed by atoms with Crippen molar-refractivity contribution in [1.29, 1.82) is 0 Å². The number of aliphatic carboxylic acids is 1. The standard InChI is InChI=1S/C9H16O3/c1-7(10)3-6-9(8(11)12)4-2-5-9/h7,10H,2-6H2,1H3,(H,11,12). The van der Waals surface area contributed by atoms with Crippen molar-refractivity contribution in [2.24, 2.45) is 5.41 Å². The first-order chi connectivity index (χ1) is 5.57. The van der Waals surface area contributed by atoms with Crippen LogP contribution in [0.4, 0.5) is 0 Å². The number of carboxylic acid groups (broad SMARTS) is 1. The van der Waals surface area contributed by atoms with Gasteiger partial charge in [-0.15, -0.1) is 0 Å². The van der Waals surface area contributed by atoms with E-state index < -0.39 is 11.4 Å². The van der Waals surface area contributed by atoms with Crippen LogP contribution in [0, 0.1) is 5.41 Å². The molecule has 1 atom stereocenters. The Labute approximate surface area is 72.4 Å². The van der Waals surface area contributed by atoms with Crippen molar-refractivity contribution in [3.63, 3.8) is 0 Å². The molecule has 1 aliphatic rings. The summed E-state index contributed by atoms with van der Waals surface area (Å²) in [6.45, 7) is 1.70. The maximum absolute atomic E-state index is 10.8. The molecule has 2 N–H and O–H groups in total. The van der Waals surface area contributed by atoms with E-state index >= 15 is 0 Å². The molecule has 0 aromatic carbocycles. The smallest absolute Gasteiger partial charge is 0.309 e. The number of carbonyl (C=O) groups is 1. The average molecular weight is 172 g/mol. The van der Waals surface area contributed by atoms with Crippen LogP contribution in [0.1, 0.15) is 39.0 Å². The maximum Gasteiger partial charge on any atom is 0.309 e. The number of hydrogen-bond acceptors (Lipinski definition) is 2. The van der Waals surface area contributed by atoms with Crippen LogP contribution in [0.5, 0.6) is 0 Å². The second kappa shape index (κ2) is 3.44. The Balaban J connectivity index is 2.40. The molecule has 0 heterocycles. The van der Waals surface area contributed by atoms with E-state index in [1.807, 2.05) is 0 Å². The molecule has 1 fully saturated rings. The highest BCUT2D eigenvalue weighted by molar-refractivity contribution is 5.75. The first kappa shape index (κ1) is 9.52. The molecule has 1 saturated carbocycles. The van der Waals surface area contributed by atoms with Gasteiger partial charge in [0.05, 0.1) is 11.5 Å². The number of rotatable bonds is 4. The lowest BCUT2D eigenvalue weighted by Gasteiger charge is -2.38. The van der Waals surface area contributed by atoms with Crippen molar-refractivity contribution in [2.75, 3.05) is 0 Å². The predicted octanol–water partition coefficient (Wildman–Crippen LogP) is 1.40. The van der Waals surface area contributed by atoms with Crippen LogP contribution in [-0.4, -0.2) is 22.3 Å². The zero-order valence-electron chi connectivity index (χ0n) is 7.42. The fraction of sp³-hybridized carbons (Fsp3) is 0.889. The molecule has 0 aliphatic heterocycles. The highest BCUT2D eigenvalue weighted by Crippen LogP contribution is 2.45. The molecule has 0 radical (unpaired) electrons. The van der Waals surface area contributed by atoms with Crippen molar-refractivity contribution in [1.82, 2.24) is 0 Å². The number of hydrogen-bond donors (Lipinski definition) is 2. The van der Waals surface area contributed by atoms with Crippen molar-refractivity contribution in [3.8, 4) is 0 Å². The molecule has 12 heavy (non-hydrogen) atoms. The van der Waals surface area contributed by atoms with Gasteiger partial charge < -0.3 is 10.2 Å². The maximum atomic E-state index is 10.8. The van der Waals surface area contributed by atoms with Gasteiger partial charge in [-0.3, -0.25) is 4.79 Å².